The van der Waals surface area contributed by atoms with Gasteiger partial charge in [0.05, 0.1) is 12.2 Å². The first-order valence-corrected chi connectivity index (χ1v) is 7.31. The summed E-state index contributed by atoms with van der Waals surface area (Å²) in [6.07, 6.45) is 8.43. The quantitative estimate of drug-likeness (QED) is 0.875. The lowest BCUT2D eigenvalue weighted by atomic mass is 9.94. The first-order valence-electron chi connectivity index (χ1n) is 7.31. The minimum atomic E-state index is 0.482. The maximum Gasteiger partial charge on any atom is 0.0580 e. The molecule has 0 radical (unpaired) electrons. The van der Waals surface area contributed by atoms with Crippen LogP contribution in [0.3, 0.4) is 0 Å². The van der Waals surface area contributed by atoms with Crippen molar-refractivity contribution in [2.45, 2.75) is 63.7 Å². The van der Waals surface area contributed by atoms with E-state index < -0.39 is 0 Å². The van der Waals surface area contributed by atoms with Crippen LogP contribution in [0.2, 0.25) is 0 Å². The molecule has 0 aliphatic carbocycles. The van der Waals surface area contributed by atoms with Gasteiger partial charge >= 0.3 is 0 Å². The second-order valence-corrected chi connectivity index (χ2v) is 5.76. The number of nitrogens with one attached hydrogen (secondary N) is 1. The maximum absolute atomic E-state index is 5.89. The largest absolute Gasteiger partial charge is 0.382 e. The van der Waals surface area contributed by atoms with Crippen molar-refractivity contribution in [3.63, 3.8) is 0 Å². The predicted molar refractivity (Wildman–Crippen MR) is 75.0 cm³/mol. The van der Waals surface area contributed by atoms with Crippen LogP contribution in [-0.2, 0) is 11.2 Å². The van der Waals surface area contributed by atoms with E-state index in [0.717, 1.165) is 0 Å². The third-order valence-electron chi connectivity index (χ3n) is 4.30. The lowest BCUT2D eigenvalue weighted by molar-refractivity contribution is 0.0489. The fourth-order valence-corrected chi connectivity index (χ4v) is 3.20. The van der Waals surface area contributed by atoms with Crippen LogP contribution in [0.15, 0.2) is 24.3 Å². The normalized spacial score (nSPS) is 30.8. The Morgan fingerprint density at radius 3 is 2.89 bits per heavy atom. The zero-order valence-corrected chi connectivity index (χ0v) is 11.2. The third kappa shape index (κ3) is 2.69. The SMILES string of the molecule is CC1CCC(CCC2CCc3ccccc3N2)O1. The molecular formula is C16H23NO. The first kappa shape index (κ1) is 12.0. The van der Waals surface area contributed by atoms with Gasteiger partial charge in [-0.25, -0.2) is 0 Å². The van der Waals surface area contributed by atoms with Crippen molar-refractivity contribution in [1.82, 2.24) is 0 Å². The highest BCUT2D eigenvalue weighted by molar-refractivity contribution is 5.53. The van der Waals surface area contributed by atoms with Crippen molar-refractivity contribution in [1.29, 1.82) is 0 Å². The molecule has 98 valence electrons. The van der Waals surface area contributed by atoms with Crippen LogP contribution in [0.1, 0.15) is 44.6 Å². The van der Waals surface area contributed by atoms with E-state index in [1.807, 2.05) is 0 Å². The number of aryl methyl sites for hydroxylation is 1. The van der Waals surface area contributed by atoms with E-state index in [1.165, 1.54) is 49.8 Å². The molecule has 2 heterocycles. The Bertz CT molecular complexity index is 404. The molecule has 1 N–H and O–H groups in total. The van der Waals surface area contributed by atoms with Crippen molar-refractivity contribution in [2.24, 2.45) is 0 Å². The minimum absolute atomic E-state index is 0.482. The molecule has 0 spiro atoms. The number of hydrogen-bond acceptors (Lipinski definition) is 2. The highest BCUT2D eigenvalue weighted by Gasteiger charge is 2.24. The summed E-state index contributed by atoms with van der Waals surface area (Å²) in [6.45, 7) is 2.19. The molecule has 3 rings (SSSR count). The van der Waals surface area contributed by atoms with Gasteiger partial charge in [0.25, 0.3) is 0 Å². The van der Waals surface area contributed by atoms with E-state index in [9.17, 15) is 0 Å². The molecule has 2 aliphatic heterocycles. The Hall–Kier alpha value is -1.02. The van der Waals surface area contributed by atoms with E-state index >= 15 is 0 Å². The summed E-state index contributed by atoms with van der Waals surface area (Å²) in [7, 11) is 0. The maximum atomic E-state index is 5.89. The predicted octanol–water partition coefficient (Wildman–Crippen LogP) is 3.76. The van der Waals surface area contributed by atoms with Gasteiger partial charge < -0.3 is 10.1 Å². The van der Waals surface area contributed by atoms with Gasteiger partial charge in [0.2, 0.25) is 0 Å². The van der Waals surface area contributed by atoms with Crippen LogP contribution in [0, 0.1) is 0 Å². The van der Waals surface area contributed by atoms with Crippen LogP contribution in [0.25, 0.3) is 0 Å². The molecule has 0 amide bonds. The van der Waals surface area contributed by atoms with Gasteiger partial charge in [-0.1, -0.05) is 18.2 Å². The minimum Gasteiger partial charge on any atom is -0.382 e. The molecule has 2 heteroatoms. The standard InChI is InChI=1S/C16H23NO/c1-12-6-10-15(18-12)11-9-14-8-7-13-4-2-3-5-16(13)17-14/h2-5,12,14-15,17H,6-11H2,1H3. The van der Waals surface area contributed by atoms with Gasteiger partial charge in [0.1, 0.15) is 0 Å². The smallest absolute Gasteiger partial charge is 0.0580 e. The molecule has 1 fully saturated rings. The molecule has 3 atom stereocenters. The Labute approximate surface area is 110 Å². The summed E-state index contributed by atoms with van der Waals surface area (Å²) in [6, 6.07) is 9.33. The number of anilines is 1. The molecule has 1 aromatic carbocycles. The van der Waals surface area contributed by atoms with Crippen LogP contribution >= 0.6 is 0 Å². The van der Waals surface area contributed by atoms with Crippen LogP contribution in [0.4, 0.5) is 5.69 Å². The van der Waals surface area contributed by atoms with Crippen LogP contribution in [-0.4, -0.2) is 18.2 Å². The number of fused-ring (bicyclic) bond motifs is 1. The van der Waals surface area contributed by atoms with Crippen molar-refractivity contribution in [3.8, 4) is 0 Å². The van der Waals surface area contributed by atoms with E-state index in [2.05, 4.69) is 36.5 Å². The average molecular weight is 245 g/mol. The lowest BCUT2D eigenvalue weighted by Gasteiger charge is -2.27. The van der Waals surface area contributed by atoms with E-state index in [0.29, 0.717) is 18.2 Å². The number of hydrogen-bond donors (Lipinski definition) is 1. The first-order chi connectivity index (χ1) is 8.81. The zero-order valence-electron chi connectivity index (χ0n) is 11.2. The molecule has 0 aromatic heterocycles. The number of para-hydroxylation sites is 1. The highest BCUT2D eigenvalue weighted by atomic mass is 16.5. The van der Waals surface area contributed by atoms with Crippen LogP contribution in [0.5, 0.6) is 0 Å². The molecular weight excluding hydrogens is 222 g/mol. The van der Waals surface area contributed by atoms with Crippen LogP contribution < -0.4 is 5.32 Å². The fourth-order valence-electron chi connectivity index (χ4n) is 3.20. The molecule has 1 aromatic rings. The average Bonchev–Trinajstić information content (AvgIpc) is 2.82. The summed E-state index contributed by atoms with van der Waals surface area (Å²) >= 11 is 0. The van der Waals surface area contributed by atoms with Gasteiger partial charge in [0, 0.05) is 11.7 Å². The lowest BCUT2D eigenvalue weighted by Crippen LogP contribution is -2.26. The summed E-state index contributed by atoms with van der Waals surface area (Å²) in [5, 5.41) is 3.68. The topological polar surface area (TPSA) is 21.3 Å². The van der Waals surface area contributed by atoms with Gasteiger partial charge in [-0.3, -0.25) is 0 Å². The molecule has 2 aliphatic rings. The van der Waals surface area contributed by atoms with Crippen molar-refractivity contribution in [3.05, 3.63) is 29.8 Å². The molecule has 1 saturated heterocycles. The van der Waals surface area contributed by atoms with Crippen molar-refractivity contribution < 1.29 is 4.74 Å². The molecule has 0 bridgehead atoms. The van der Waals surface area contributed by atoms with E-state index in [-0.39, 0.29) is 0 Å². The van der Waals surface area contributed by atoms with E-state index in [4.69, 9.17) is 4.74 Å². The summed E-state index contributed by atoms with van der Waals surface area (Å²) in [4.78, 5) is 0. The summed E-state index contributed by atoms with van der Waals surface area (Å²) < 4.78 is 5.89. The fraction of sp³-hybridized carbons (Fsp3) is 0.625. The Morgan fingerprint density at radius 2 is 2.06 bits per heavy atom. The monoisotopic (exact) mass is 245 g/mol. The number of benzene rings is 1. The van der Waals surface area contributed by atoms with Crippen molar-refractivity contribution >= 4 is 5.69 Å². The zero-order chi connectivity index (χ0) is 12.4. The number of ether oxygens (including phenoxy) is 1. The molecule has 18 heavy (non-hydrogen) atoms. The summed E-state index contributed by atoms with van der Waals surface area (Å²) in [5.41, 5.74) is 2.81. The molecule has 2 nitrogen and oxygen atoms in total. The third-order valence-corrected chi connectivity index (χ3v) is 4.30. The number of rotatable bonds is 3. The van der Waals surface area contributed by atoms with Gasteiger partial charge in [-0.15, -0.1) is 0 Å². The highest BCUT2D eigenvalue weighted by Crippen LogP contribution is 2.28. The Balaban J connectivity index is 1.51. The van der Waals surface area contributed by atoms with E-state index in [1.54, 1.807) is 0 Å². The van der Waals surface area contributed by atoms with Crippen molar-refractivity contribution in [2.75, 3.05) is 5.32 Å². The molecule has 3 unspecified atom stereocenters. The van der Waals surface area contributed by atoms with Gasteiger partial charge in [-0.2, -0.15) is 0 Å². The van der Waals surface area contributed by atoms with Gasteiger partial charge in [-0.05, 0) is 57.1 Å². The summed E-state index contributed by atoms with van der Waals surface area (Å²) in [5.74, 6) is 0. The Kier molecular flexibility index (Phi) is 3.55. The second-order valence-electron chi connectivity index (χ2n) is 5.76. The molecule has 0 saturated carbocycles. The second kappa shape index (κ2) is 5.31. The van der Waals surface area contributed by atoms with Gasteiger partial charge in [0.15, 0.2) is 0 Å². The Morgan fingerprint density at radius 1 is 1.17 bits per heavy atom.